The van der Waals surface area contributed by atoms with Crippen LogP contribution in [0.1, 0.15) is 21.1 Å². The third kappa shape index (κ3) is 3.14. The highest BCUT2D eigenvalue weighted by molar-refractivity contribution is 7.09. The van der Waals surface area contributed by atoms with E-state index in [1.165, 1.54) is 22.3 Å². The van der Waals surface area contributed by atoms with Crippen LogP contribution in [-0.4, -0.2) is 22.8 Å². The van der Waals surface area contributed by atoms with Crippen molar-refractivity contribution >= 4 is 17.2 Å². The number of hydrogen-bond donors (Lipinski definition) is 0. The number of hydrogen-bond acceptors (Lipinski definition) is 3. The summed E-state index contributed by atoms with van der Waals surface area (Å²) in [4.78, 5) is 17.5. The van der Waals surface area contributed by atoms with Crippen LogP contribution in [0.25, 0.3) is 0 Å². The topological polar surface area (TPSA) is 33.2 Å². The van der Waals surface area contributed by atoms with Gasteiger partial charge in [-0.2, -0.15) is 0 Å². The van der Waals surface area contributed by atoms with E-state index in [1.54, 1.807) is 12.4 Å². The number of benzene rings is 1. The van der Waals surface area contributed by atoms with Gasteiger partial charge in [-0.25, -0.2) is 13.8 Å². The van der Waals surface area contributed by atoms with Gasteiger partial charge in [-0.05, 0) is 24.6 Å². The lowest BCUT2D eigenvalue weighted by molar-refractivity contribution is 0.0779. The van der Waals surface area contributed by atoms with Crippen molar-refractivity contribution < 1.29 is 13.6 Å². The quantitative estimate of drug-likeness (QED) is 0.867. The molecule has 0 bridgehead atoms. The van der Waals surface area contributed by atoms with Crippen molar-refractivity contribution in [3.63, 3.8) is 0 Å². The average Bonchev–Trinajstić information content (AvgIpc) is 2.79. The Hall–Kier alpha value is -1.82. The summed E-state index contributed by atoms with van der Waals surface area (Å²) in [5.74, 6) is -2.05. The van der Waals surface area contributed by atoms with Crippen LogP contribution < -0.4 is 0 Å². The summed E-state index contributed by atoms with van der Waals surface area (Å²) >= 11 is 1.39. The zero-order valence-electron chi connectivity index (χ0n) is 10.5. The van der Waals surface area contributed by atoms with E-state index in [9.17, 15) is 13.6 Å². The molecule has 0 aliphatic rings. The molecule has 0 aliphatic heterocycles. The van der Waals surface area contributed by atoms with Crippen LogP contribution in [0.3, 0.4) is 0 Å². The lowest BCUT2D eigenvalue weighted by atomic mass is 10.2. The van der Waals surface area contributed by atoms with E-state index < -0.39 is 11.6 Å². The van der Waals surface area contributed by atoms with Gasteiger partial charge in [0.2, 0.25) is 0 Å². The number of carbonyl (C=O) groups is 1. The molecule has 0 atom stereocenters. The molecular formula is C13H12F2N2OS. The Morgan fingerprint density at radius 1 is 1.37 bits per heavy atom. The zero-order valence-corrected chi connectivity index (χ0v) is 11.3. The SMILES string of the molecule is Cc1nc(C(=O)N(C)Cc2ccc(F)c(F)c2)cs1. The number of amides is 1. The predicted molar refractivity (Wildman–Crippen MR) is 69.0 cm³/mol. The molecule has 0 unspecified atom stereocenters. The molecule has 2 aromatic rings. The van der Waals surface area contributed by atoms with Crippen LogP contribution >= 0.6 is 11.3 Å². The molecular weight excluding hydrogens is 270 g/mol. The second-order valence-electron chi connectivity index (χ2n) is 4.16. The van der Waals surface area contributed by atoms with Crippen LogP contribution in [0.15, 0.2) is 23.6 Å². The predicted octanol–water partition coefficient (Wildman–Crippen LogP) is 3.00. The number of halogens is 2. The van der Waals surface area contributed by atoms with E-state index in [0.29, 0.717) is 11.3 Å². The van der Waals surface area contributed by atoms with E-state index in [2.05, 4.69) is 4.98 Å². The van der Waals surface area contributed by atoms with E-state index in [4.69, 9.17) is 0 Å². The Kier molecular flexibility index (Phi) is 3.90. The molecule has 0 spiro atoms. The van der Waals surface area contributed by atoms with Gasteiger partial charge >= 0.3 is 0 Å². The van der Waals surface area contributed by atoms with Gasteiger partial charge in [0.15, 0.2) is 11.6 Å². The highest BCUT2D eigenvalue weighted by Gasteiger charge is 2.15. The molecule has 0 aliphatic carbocycles. The fourth-order valence-corrected chi connectivity index (χ4v) is 2.23. The summed E-state index contributed by atoms with van der Waals surface area (Å²) in [7, 11) is 1.60. The molecule has 2 rings (SSSR count). The highest BCUT2D eigenvalue weighted by atomic mass is 32.1. The molecule has 19 heavy (non-hydrogen) atoms. The maximum absolute atomic E-state index is 13.1. The Balaban J connectivity index is 2.10. The van der Waals surface area contributed by atoms with Crippen molar-refractivity contribution in [3.05, 3.63) is 51.5 Å². The molecule has 1 amide bonds. The van der Waals surface area contributed by atoms with Gasteiger partial charge in [-0.1, -0.05) is 6.07 Å². The molecule has 0 saturated heterocycles. The minimum Gasteiger partial charge on any atom is -0.336 e. The minimum absolute atomic E-state index is 0.201. The molecule has 1 aromatic carbocycles. The third-order valence-electron chi connectivity index (χ3n) is 2.59. The molecule has 0 saturated carbocycles. The van der Waals surface area contributed by atoms with Crippen LogP contribution in [0.4, 0.5) is 8.78 Å². The largest absolute Gasteiger partial charge is 0.336 e. The van der Waals surface area contributed by atoms with Crippen molar-refractivity contribution in [1.29, 1.82) is 0 Å². The zero-order chi connectivity index (χ0) is 14.0. The van der Waals surface area contributed by atoms with Gasteiger partial charge in [0.25, 0.3) is 5.91 Å². The van der Waals surface area contributed by atoms with Crippen LogP contribution in [0.2, 0.25) is 0 Å². The monoisotopic (exact) mass is 282 g/mol. The van der Waals surface area contributed by atoms with Crippen molar-refractivity contribution in [2.24, 2.45) is 0 Å². The molecule has 1 aromatic heterocycles. The maximum atomic E-state index is 13.1. The minimum atomic E-state index is -0.914. The lowest BCUT2D eigenvalue weighted by Gasteiger charge is -2.16. The second kappa shape index (κ2) is 5.44. The highest BCUT2D eigenvalue weighted by Crippen LogP contribution is 2.14. The van der Waals surface area contributed by atoms with Crippen molar-refractivity contribution in [2.75, 3.05) is 7.05 Å². The van der Waals surface area contributed by atoms with Gasteiger partial charge in [0.05, 0.1) is 5.01 Å². The number of nitrogens with zero attached hydrogens (tertiary/aromatic N) is 2. The lowest BCUT2D eigenvalue weighted by Crippen LogP contribution is -2.26. The molecule has 1 heterocycles. The average molecular weight is 282 g/mol. The number of carbonyl (C=O) groups excluding carboxylic acids is 1. The summed E-state index contributed by atoms with van der Waals surface area (Å²) in [6.07, 6.45) is 0. The number of aromatic nitrogens is 1. The van der Waals surface area contributed by atoms with Gasteiger partial charge in [-0.3, -0.25) is 4.79 Å². The fraction of sp³-hybridized carbons (Fsp3) is 0.231. The van der Waals surface area contributed by atoms with E-state index in [1.807, 2.05) is 6.92 Å². The van der Waals surface area contributed by atoms with Gasteiger partial charge in [0.1, 0.15) is 5.69 Å². The summed E-state index contributed by atoms with van der Waals surface area (Å²) in [5, 5.41) is 2.49. The number of aryl methyl sites for hydroxylation is 1. The van der Waals surface area contributed by atoms with E-state index in [-0.39, 0.29) is 12.5 Å². The normalized spacial score (nSPS) is 10.5. The Morgan fingerprint density at radius 2 is 2.11 bits per heavy atom. The van der Waals surface area contributed by atoms with Crippen molar-refractivity contribution in [1.82, 2.24) is 9.88 Å². The summed E-state index contributed by atoms with van der Waals surface area (Å²) in [6, 6.07) is 3.59. The maximum Gasteiger partial charge on any atom is 0.273 e. The van der Waals surface area contributed by atoms with E-state index >= 15 is 0 Å². The molecule has 0 fully saturated rings. The first-order valence-corrected chi connectivity index (χ1v) is 6.47. The van der Waals surface area contributed by atoms with Crippen molar-refractivity contribution in [2.45, 2.75) is 13.5 Å². The van der Waals surface area contributed by atoms with E-state index in [0.717, 1.165) is 17.1 Å². The summed E-state index contributed by atoms with van der Waals surface area (Å²) in [5.41, 5.74) is 0.897. The standard InChI is InChI=1S/C13H12F2N2OS/c1-8-16-12(7-19-8)13(18)17(2)6-9-3-4-10(14)11(15)5-9/h3-5,7H,6H2,1-2H3. The number of thiazole rings is 1. The third-order valence-corrected chi connectivity index (χ3v) is 3.36. The summed E-state index contributed by atoms with van der Waals surface area (Å²) in [6.45, 7) is 2.02. The van der Waals surface area contributed by atoms with Crippen LogP contribution in [0.5, 0.6) is 0 Å². The first-order valence-electron chi connectivity index (χ1n) is 5.59. The first kappa shape index (κ1) is 13.6. The Bertz CT molecular complexity index is 612. The second-order valence-corrected chi connectivity index (χ2v) is 5.22. The smallest absolute Gasteiger partial charge is 0.273 e. The molecule has 0 radical (unpaired) electrons. The van der Waals surface area contributed by atoms with Crippen LogP contribution in [-0.2, 0) is 6.54 Å². The first-order chi connectivity index (χ1) is 8.97. The van der Waals surface area contributed by atoms with Crippen molar-refractivity contribution in [3.8, 4) is 0 Å². The fourth-order valence-electron chi connectivity index (χ4n) is 1.64. The summed E-state index contributed by atoms with van der Waals surface area (Å²) < 4.78 is 25.9. The van der Waals surface area contributed by atoms with Crippen LogP contribution in [0, 0.1) is 18.6 Å². The Labute approximate surface area is 113 Å². The van der Waals surface area contributed by atoms with Gasteiger partial charge < -0.3 is 4.90 Å². The molecule has 0 N–H and O–H groups in total. The Morgan fingerprint density at radius 3 is 2.68 bits per heavy atom. The number of rotatable bonds is 3. The molecule has 3 nitrogen and oxygen atoms in total. The molecule has 100 valence electrons. The van der Waals surface area contributed by atoms with Gasteiger partial charge in [0, 0.05) is 19.0 Å². The van der Waals surface area contributed by atoms with Gasteiger partial charge in [-0.15, -0.1) is 11.3 Å². The molecule has 6 heteroatoms.